The second kappa shape index (κ2) is 6.92. The molecular weight excluding hydrogens is 282 g/mol. The van der Waals surface area contributed by atoms with Gasteiger partial charge in [-0.25, -0.2) is 0 Å². The van der Waals surface area contributed by atoms with E-state index in [-0.39, 0.29) is 12.5 Å². The van der Waals surface area contributed by atoms with E-state index in [0.717, 1.165) is 15.7 Å². The number of nitriles is 1. The number of nitrogens with one attached hydrogen (secondary N) is 2. The Morgan fingerprint density at radius 3 is 3.00 bits per heavy atom. The molecule has 1 amide bonds. The first-order valence-electron chi connectivity index (χ1n) is 5.27. The molecule has 1 aromatic carbocycles. The summed E-state index contributed by atoms with van der Waals surface area (Å²) in [5, 5.41) is 14.0. The summed E-state index contributed by atoms with van der Waals surface area (Å²) in [6, 6.07) is 7.75. The van der Waals surface area contributed by atoms with Crippen LogP contribution in [0.3, 0.4) is 0 Å². The molecule has 4 nitrogen and oxygen atoms in total. The Bertz CT molecular complexity index is 440. The average molecular weight is 296 g/mol. The normalized spacial score (nSPS) is 9.47. The molecule has 0 aliphatic rings. The van der Waals surface area contributed by atoms with Crippen LogP contribution in [0.15, 0.2) is 22.7 Å². The predicted molar refractivity (Wildman–Crippen MR) is 70.6 cm³/mol. The summed E-state index contributed by atoms with van der Waals surface area (Å²) in [5.74, 6) is -0.111. The highest BCUT2D eigenvalue weighted by molar-refractivity contribution is 9.10. The predicted octanol–water partition coefficient (Wildman–Crippen LogP) is 2.20. The van der Waals surface area contributed by atoms with Gasteiger partial charge in [0.25, 0.3) is 0 Å². The van der Waals surface area contributed by atoms with Gasteiger partial charge in [0.2, 0.25) is 5.91 Å². The van der Waals surface area contributed by atoms with Gasteiger partial charge in [0.05, 0.1) is 19.0 Å². The molecule has 90 valence electrons. The van der Waals surface area contributed by atoms with E-state index in [1.54, 1.807) is 0 Å². The van der Waals surface area contributed by atoms with E-state index >= 15 is 0 Å². The number of hydrogen-bond acceptors (Lipinski definition) is 3. The van der Waals surface area contributed by atoms with E-state index in [1.165, 1.54) is 0 Å². The van der Waals surface area contributed by atoms with Crippen molar-refractivity contribution in [2.24, 2.45) is 0 Å². The number of hydrogen-bond donors (Lipinski definition) is 2. The maximum Gasteiger partial charge on any atom is 0.239 e. The molecule has 1 aromatic rings. The standard InChI is InChI=1S/C12H14BrN3O/c1-9-10(13)4-2-5-11(9)16-8-12(17)15-7-3-6-14/h2,4-5,16H,3,7-8H2,1H3,(H,15,17). The number of halogens is 1. The van der Waals surface area contributed by atoms with Crippen LogP contribution in [-0.2, 0) is 4.79 Å². The third-order valence-electron chi connectivity index (χ3n) is 2.27. The van der Waals surface area contributed by atoms with Crippen LogP contribution >= 0.6 is 15.9 Å². The maximum absolute atomic E-state index is 11.4. The van der Waals surface area contributed by atoms with Crippen molar-refractivity contribution in [3.05, 3.63) is 28.2 Å². The number of rotatable bonds is 5. The van der Waals surface area contributed by atoms with Crippen LogP contribution < -0.4 is 10.6 Å². The Labute approximate surface area is 109 Å². The number of nitrogens with zero attached hydrogens (tertiary/aromatic N) is 1. The molecule has 0 atom stereocenters. The molecule has 0 aromatic heterocycles. The molecule has 0 fully saturated rings. The SMILES string of the molecule is Cc1c(Br)cccc1NCC(=O)NCCC#N. The van der Waals surface area contributed by atoms with Crippen LogP contribution in [-0.4, -0.2) is 19.0 Å². The van der Waals surface area contributed by atoms with Crippen molar-refractivity contribution in [1.82, 2.24) is 5.32 Å². The first-order chi connectivity index (χ1) is 8.15. The lowest BCUT2D eigenvalue weighted by molar-refractivity contribution is -0.119. The molecule has 2 N–H and O–H groups in total. The Morgan fingerprint density at radius 2 is 2.29 bits per heavy atom. The maximum atomic E-state index is 11.4. The molecule has 0 saturated heterocycles. The smallest absolute Gasteiger partial charge is 0.239 e. The highest BCUT2D eigenvalue weighted by Crippen LogP contribution is 2.22. The van der Waals surface area contributed by atoms with Gasteiger partial charge in [0, 0.05) is 16.7 Å². The lowest BCUT2D eigenvalue weighted by atomic mass is 10.2. The second-order valence-electron chi connectivity index (χ2n) is 3.52. The van der Waals surface area contributed by atoms with Gasteiger partial charge in [-0.3, -0.25) is 4.79 Å². The number of anilines is 1. The minimum Gasteiger partial charge on any atom is -0.376 e. The summed E-state index contributed by atoms with van der Waals surface area (Å²) in [6.45, 7) is 2.58. The zero-order chi connectivity index (χ0) is 12.7. The second-order valence-corrected chi connectivity index (χ2v) is 4.38. The summed E-state index contributed by atoms with van der Waals surface area (Å²) >= 11 is 3.43. The zero-order valence-corrected chi connectivity index (χ0v) is 11.2. The van der Waals surface area contributed by atoms with Gasteiger partial charge in [0.15, 0.2) is 0 Å². The van der Waals surface area contributed by atoms with Crippen LogP contribution in [0.4, 0.5) is 5.69 Å². The minimum atomic E-state index is -0.111. The van der Waals surface area contributed by atoms with E-state index in [0.29, 0.717) is 13.0 Å². The first-order valence-corrected chi connectivity index (χ1v) is 6.07. The molecule has 0 aliphatic heterocycles. The topological polar surface area (TPSA) is 64.9 Å². The van der Waals surface area contributed by atoms with Crippen molar-refractivity contribution >= 4 is 27.5 Å². The van der Waals surface area contributed by atoms with E-state index in [1.807, 2.05) is 31.2 Å². The van der Waals surface area contributed by atoms with Crippen molar-refractivity contribution in [1.29, 1.82) is 5.26 Å². The number of carbonyl (C=O) groups excluding carboxylic acids is 1. The summed E-state index contributed by atoms with van der Waals surface area (Å²) in [4.78, 5) is 11.4. The van der Waals surface area contributed by atoms with Crippen molar-refractivity contribution in [3.8, 4) is 6.07 Å². The van der Waals surface area contributed by atoms with Gasteiger partial charge >= 0.3 is 0 Å². The molecule has 17 heavy (non-hydrogen) atoms. The summed E-state index contributed by atoms with van der Waals surface area (Å²) in [5.41, 5.74) is 1.99. The van der Waals surface area contributed by atoms with Crippen LogP contribution in [0.2, 0.25) is 0 Å². The Balaban J connectivity index is 2.43. The van der Waals surface area contributed by atoms with Crippen molar-refractivity contribution < 1.29 is 4.79 Å². The summed E-state index contributed by atoms with van der Waals surface area (Å²) in [6.07, 6.45) is 0.335. The van der Waals surface area contributed by atoms with Gasteiger partial charge in [-0.2, -0.15) is 5.26 Å². The molecule has 0 heterocycles. The van der Waals surface area contributed by atoms with E-state index in [2.05, 4.69) is 26.6 Å². The van der Waals surface area contributed by atoms with Crippen LogP contribution in [0.1, 0.15) is 12.0 Å². The van der Waals surface area contributed by atoms with Gasteiger partial charge in [0.1, 0.15) is 0 Å². The highest BCUT2D eigenvalue weighted by Gasteiger charge is 2.03. The minimum absolute atomic E-state index is 0.111. The third kappa shape index (κ3) is 4.45. The molecule has 0 saturated carbocycles. The van der Waals surface area contributed by atoms with Crippen molar-refractivity contribution in [2.75, 3.05) is 18.4 Å². The molecule has 0 radical (unpaired) electrons. The molecule has 0 unspecified atom stereocenters. The summed E-state index contributed by atoms with van der Waals surface area (Å²) in [7, 11) is 0. The molecule has 1 rings (SSSR count). The van der Waals surface area contributed by atoms with Crippen molar-refractivity contribution in [3.63, 3.8) is 0 Å². The fourth-order valence-corrected chi connectivity index (χ4v) is 1.66. The van der Waals surface area contributed by atoms with E-state index in [4.69, 9.17) is 5.26 Å². The molecule has 0 bridgehead atoms. The van der Waals surface area contributed by atoms with Gasteiger partial charge in [-0.05, 0) is 24.6 Å². The van der Waals surface area contributed by atoms with E-state index < -0.39 is 0 Å². The fourth-order valence-electron chi connectivity index (χ4n) is 1.29. The third-order valence-corrected chi connectivity index (χ3v) is 3.13. The molecular formula is C12H14BrN3O. The summed E-state index contributed by atoms with van der Waals surface area (Å²) < 4.78 is 1.01. The number of amides is 1. The fraction of sp³-hybridized carbons (Fsp3) is 0.333. The number of carbonyl (C=O) groups is 1. The Hall–Kier alpha value is -1.54. The van der Waals surface area contributed by atoms with Crippen LogP contribution in [0, 0.1) is 18.3 Å². The Kier molecular flexibility index (Phi) is 5.50. The Morgan fingerprint density at radius 1 is 1.53 bits per heavy atom. The first kappa shape index (κ1) is 13.5. The highest BCUT2D eigenvalue weighted by atomic mass is 79.9. The lowest BCUT2D eigenvalue weighted by Gasteiger charge is -2.10. The lowest BCUT2D eigenvalue weighted by Crippen LogP contribution is -2.30. The van der Waals surface area contributed by atoms with Gasteiger partial charge in [-0.1, -0.05) is 22.0 Å². The molecule has 0 spiro atoms. The van der Waals surface area contributed by atoms with Crippen molar-refractivity contribution in [2.45, 2.75) is 13.3 Å². The molecule has 0 aliphatic carbocycles. The number of benzene rings is 1. The van der Waals surface area contributed by atoms with Gasteiger partial charge < -0.3 is 10.6 Å². The monoisotopic (exact) mass is 295 g/mol. The zero-order valence-electron chi connectivity index (χ0n) is 9.59. The van der Waals surface area contributed by atoms with E-state index in [9.17, 15) is 4.79 Å². The largest absolute Gasteiger partial charge is 0.376 e. The van der Waals surface area contributed by atoms with Crippen LogP contribution in [0.25, 0.3) is 0 Å². The molecule has 5 heteroatoms. The van der Waals surface area contributed by atoms with Crippen LogP contribution in [0.5, 0.6) is 0 Å². The quantitative estimate of drug-likeness (QED) is 0.819. The van der Waals surface area contributed by atoms with Gasteiger partial charge in [-0.15, -0.1) is 0 Å². The average Bonchev–Trinajstić information content (AvgIpc) is 2.31.